The Morgan fingerprint density at radius 1 is 1.03 bits per heavy atom. The minimum Gasteiger partial charge on any atom is -0.468 e. The monoisotopic (exact) mass is 537 g/mol. The number of hydrogen-bond acceptors (Lipinski definition) is 6. The van der Waals surface area contributed by atoms with Crippen LogP contribution < -0.4 is 10.6 Å². The van der Waals surface area contributed by atoms with E-state index in [1.807, 2.05) is 50.2 Å². The molecule has 0 aliphatic rings. The second-order valence-corrected chi connectivity index (χ2v) is 10.2. The first-order valence-electron chi connectivity index (χ1n) is 12.7. The standard InChI is InChI=1S/C30H39N3O6/c1-8-17-33(26(27(35)31-19-25(34)38-7)23-16-12-13-20(2)21(23)3)28(36)24(18-22-14-10-9-11-15-22)32-29(37)39-30(4,5)6/h8-16,24,26H,1,17-19H2,2-7H3,(H,31,35)(H,32,37). The highest BCUT2D eigenvalue weighted by Gasteiger charge is 2.36. The van der Waals surface area contributed by atoms with Crippen molar-refractivity contribution in [1.29, 1.82) is 0 Å². The molecule has 3 amide bonds. The number of carbonyl (C=O) groups excluding carboxylic acids is 4. The van der Waals surface area contributed by atoms with Crippen molar-refractivity contribution < 1.29 is 28.7 Å². The Labute approximate surface area is 230 Å². The zero-order chi connectivity index (χ0) is 29.2. The summed E-state index contributed by atoms with van der Waals surface area (Å²) in [7, 11) is 1.22. The van der Waals surface area contributed by atoms with E-state index >= 15 is 0 Å². The van der Waals surface area contributed by atoms with E-state index in [1.54, 1.807) is 32.9 Å². The van der Waals surface area contributed by atoms with Crippen LogP contribution in [0.4, 0.5) is 4.79 Å². The average molecular weight is 538 g/mol. The summed E-state index contributed by atoms with van der Waals surface area (Å²) in [4.78, 5) is 53.7. The predicted octanol–water partition coefficient (Wildman–Crippen LogP) is 3.78. The van der Waals surface area contributed by atoms with Crippen molar-refractivity contribution in [2.24, 2.45) is 0 Å². The van der Waals surface area contributed by atoms with E-state index in [-0.39, 0.29) is 19.5 Å². The quantitative estimate of drug-likeness (QED) is 0.333. The van der Waals surface area contributed by atoms with Crippen molar-refractivity contribution in [3.63, 3.8) is 0 Å². The first kappa shape index (κ1) is 31.1. The van der Waals surface area contributed by atoms with Gasteiger partial charge in [-0.3, -0.25) is 14.4 Å². The van der Waals surface area contributed by atoms with Gasteiger partial charge in [-0.2, -0.15) is 0 Å². The summed E-state index contributed by atoms with van der Waals surface area (Å²) in [5.41, 5.74) is 2.36. The molecule has 2 atom stereocenters. The van der Waals surface area contributed by atoms with Crippen molar-refractivity contribution in [1.82, 2.24) is 15.5 Å². The molecule has 0 spiro atoms. The number of aryl methyl sites for hydroxylation is 1. The van der Waals surface area contributed by atoms with Gasteiger partial charge in [0, 0.05) is 13.0 Å². The molecular formula is C30H39N3O6. The smallest absolute Gasteiger partial charge is 0.408 e. The molecule has 2 aromatic rings. The number of hydrogen-bond donors (Lipinski definition) is 2. The maximum absolute atomic E-state index is 14.2. The summed E-state index contributed by atoms with van der Waals surface area (Å²) in [6, 6.07) is 12.5. The van der Waals surface area contributed by atoms with E-state index in [0.29, 0.717) is 5.56 Å². The lowest BCUT2D eigenvalue weighted by Gasteiger charge is -2.34. The van der Waals surface area contributed by atoms with Gasteiger partial charge in [0.05, 0.1) is 7.11 Å². The van der Waals surface area contributed by atoms with E-state index < -0.39 is 41.6 Å². The van der Waals surface area contributed by atoms with E-state index in [4.69, 9.17) is 4.74 Å². The summed E-state index contributed by atoms with van der Waals surface area (Å²) in [5, 5.41) is 5.28. The molecule has 2 rings (SSSR count). The lowest BCUT2D eigenvalue weighted by molar-refractivity contribution is -0.144. The molecule has 0 saturated carbocycles. The van der Waals surface area contributed by atoms with E-state index in [1.165, 1.54) is 18.1 Å². The second-order valence-electron chi connectivity index (χ2n) is 10.2. The van der Waals surface area contributed by atoms with Gasteiger partial charge >= 0.3 is 12.1 Å². The summed E-state index contributed by atoms with van der Waals surface area (Å²) in [6.07, 6.45) is 0.917. The Kier molecular flexibility index (Phi) is 11.3. The number of carbonyl (C=O) groups is 4. The molecule has 9 heteroatoms. The zero-order valence-corrected chi connectivity index (χ0v) is 23.6. The molecule has 0 heterocycles. The van der Waals surface area contributed by atoms with Crippen LogP contribution in [0, 0.1) is 13.8 Å². The summed E-state index contributed by atoms with van der Waals surface area (Å²) < 4.78 is 10.1. The number of benzene rings is 2. The van der Waals surface area contributed by atoms with Crippen molar-refractivity contribution in [2.45, 2.75) is 58.7 Å². The lowest BCUT2D eigenvalue weighted by atomic mass is 9.94. The third-order valence-corrected chi connectivity index (χ3v) is 6.02. The molecule has 2 N–H and O–H groups in total. The molecular weight excluding hydrogens is 498 g/mol. The fourth-order valence-corrected chi connectivity index (χ4v) is 4.01. The van der Waals surface area contributed by atoms with Crippen molar-refractivity contribution >= 4 is 23.9 Å². The summed E-state index contributed by atoms with van der Waals surface area (Å²) in [6.45, 7) is 12.4. The highest BCUT2D eigenvalue weighted by atomic mass is 16.6. The highest BCUT2D eigenvalue weighted by Crippen LogP contribution is 2.27. The third kappa shape index (κ3) is 9.28. The second kappa shape index (κ2) is 14.1. The third-order valence-electron chi connectivity index (χ3n) is 6.02. The Morgan fingerprint density at radius 2 is 1.69 bits per heavy atom. The van der Waals surface area contributed by atoms with Crippen LogP contribution >= 0.6 is 0 Å². The first-order valence-corrected chi connectivity index (χ1v) is 12.7. The average Bonchev–Trinajstić information content (AvgIpc) is 2.88. The van der Waals surface area contributed by atoms with Gasteiger partial charge < -0.3 is 25.0 Å². The van der Waals surface area contributed by atoms with Crippen LogP contribution in [0.3, 0.4) is 0 Å². The summed E-state index contributed by atoms with van der Waals surface area (Å²) >= 11 is 0. The molecule has 0 saturated heterocycles. The number of alkyl carbamates (subject to hydrolysis) is 1. The molecule has 0 aliphatic heterocycles. The van der Waals surface area contributed by atoms with Gasteiger partial charge in [0.25, 0.3) is 0 Å². The van der Waals surface area contributed by atoms with Gasteiger partial charge in [0.15, 0.2) is 0 Å². The summed E-state index contributed by atoms with van der Waals surface area (Å²) in [5.74, 6) is -1.71. The Hall–Kier alpha value is -4.14. The van der Waals surface area contributed by atoms with Gasteiger partial charge in [-0.15, -0.1) is 6.58 Å². The van der Waals surface area contributed by atoms with Crippen molar-refractivity contribution in [2.75, 3.05) is 20.2 Å². The van der Waals surface area contributed by atoms with Crippen LogP contribution in [0.5, 0.6) is 0 Å². The van der Waals surface area contributed by atoms with Gasteiger partial charge in [-0.1, -0.05) is 54.6 Å². The molecule has 210 valence electrons. The van der Waals surface area contributed by atoms with Gasteiger partial charge in [-0.05, 0) is 56.9 Å². The van der Waals surface area contributed by atoms with Crippen LogP contribution in [0.15, 0.2) is 61.2 Å². The number of ether oxygens (including phenoxy) is 2. The minimum atomic E-state index is -1.11. The van der Waals surface area contributed by atoms with Crippen LogP contribution in [-0.4, -0.2) is 60.6 Å². The number of amides is 3. The molecule has 2 unspecified atom stereocenters. The Morgan fingerprint density at radius 3 is 2.28 bits per heavy atom. The molecule has 2 aromatic carbocycles. The topological polar surface area (TPSA) is 114 Å². The predicted molar refractivity (Wildman–Crippen MR) is 149 cm³/mol. The number of methoxy groups -OCH3 is 1. The maximum atomic E-state index is 14.2. The van der Waals surface area contributed by atoms with Gasteiger partial charge in [0.1, 0.15) is 24.2 Å². The normalized spacial score (nSPS) is 12.5. The van der Waals surface area contributed by atoms with E-state index in [0.717, 1.165) is 16.7 Å². The minimum absolute atomic E-state index is 0.00378. The fraction of sp³-hybridized carbons (Fsp3) is 0.400. The molecule has 0 bridgehead atoms. The Balaban J connectivity index is 2.56. The number of nitrogens with zero attached hydrogens (tertiary/aromatic N) is 1. The van der Waals surface area contributed by atoms with E-state index in [9.17, 15) is 19.2 Å². The van der Waals surface area contributed by atoms with Crippen molar-refractivity contribution in [3.05, 3.63) is 83.4 Å². The fourth-order valence-electron chi connectivity index (χ4n) is 4.01. The molecule has 9 nitrogen and oxygen atoms in total. The lowest BCUT2D eigenvalue weighted by Crippen LogP contribution is -2.54. The largest absolute Gasteiger partial charge is 0.468 e. The number of rotatable bonds is 11. The van der Waals surface area contributed by atoms with Gasteiger partial charge in [0.2, 0.25) is 11.8 Å². The van der Waals surface area contributed by atoms with Crippen LogP contribution in [0.25, 0.3) is 0 Å². The van der Waals surface area contributed by atoms with Crippen LogP contribution in [0.2, 0.25) is 0 Å². The van der Waals surface area contributed by atoms with Crippen molar-refractivity contribution in [3.8, 4) is 0 Å². The molecule has 0 aromatic heterocycles. The highest BCUT2D eigenvalue weighted by molar-refractivity contribution is 5.93. The maximum Gasteiger partial charge on any atom is 0.408 e. The van der Waals surface area contributed by atoms with E-state index in [2.05, 4.69) is 21.9 Å². The van der Waals surface area contributed by atoms with Crippen LogP contribution in [0.1, 0.15) is 49.1 Å². The SMILES string of the molecule is C=CCN(C(=O)C(Cc1ccccc1)NC(=O)OC(C)(C)C)C(C(=O)NCC(=O)OC)c1cccc(C)c1C. The Bertz CT molecular complexity index is 1170. The first-order chi connectivity index (χ1) is 18.4. The molecule has 0 fully saturated rings. The molecule has 0 aliphatic carbocycles. The zero-order valence-electron chi connectivity index (χ0n) is 23.6. The number of esters is 1. The molecule has 0 radical (unpaired) electrons. The molecule has 39 heavy (non-hydrogen) atoms. The number of nitrogens with one attached hydrogen (secondary N) is 2. The van der Waals surface area contributed by atoms with Crippen LogP contribution in [-0.2, 0) is 30.3 Å². The van der Waals surface area contributed by atoms with Gasteiger partial charge in [-0.25, -0.2) is 4.79 Å².